The Balaban J connectivity index is 3.04. The predicted octanol–water partition coefficient (Wildman–Crippen LogP) is 2.09. The molecule has 0 aromatic heterocycles. The maximum absolute atomic E-state index is 11.7. The van der Waals surface area contributed by atoms with Crippen LogP contribution in [-0.4, -0.2) is 19.6 Å². The number of benzene rings is 1. The molecule has 0 bridgehead atoms. The zero-order valence-electron chi connectivity index (χ0n) is 9.79. The second kappa shape index (κ2) is 6.29. The van der Waals surface area contributed by atoms with Crippen LogP contribution in [-0.2, 0) is 9.53 Å². The molecule has 0 radical (unpaired) electrons. The van der Waals surface area contributed by atoms with Gasteiger partial charge in [0.1, 0.15) is 6.04 Å². The molecule has 0 heterocycles. The Morgan fingerprint density at radius 1 is 1.65 bits per heavy atom. The fourth-order valence-electron chi connectivity index (χ4n) is 1.56. The van der Waals surface area contributed by atoms with E-state index in [-0.39, 0.29) is 5.97 Å². The van der Waals surface area contributed by atoms with Crippen LogP contribution < -0.4 is 5.32 Å². The number of nitrogens with one attached hydrogen (secondary N) is 1. The summed E-state index contributed by atoms with van der Waals surface area (Å²) < 4.78 is 4.75. The molecule has 0 saturated heterocycles. The number of hydrogen-bond acceptors (Lipinski definition) is 3. The van der Waals surface area contributed by atoms with E-state index in [1.807, 2.05) is 6.92 Å². The lowest BCUT2D eigenvalue weighted by Gasteiger charge is -2.17. The topological polar surface area (TPSA) is 38.3 Å². The summed E-state index contributed by atoms with van der Waals surface area (Å²) in [6.07, 6.45) is 5.17. The second-order valence-electron chi connectivity index (χ2n) is 3.54. The van der Waals surface area contributed by atoms with Crippen LogP contribution in [0.4, 0.5) is 0 Å². The van der Waals surface area contributed by atoms with Crippen molar-refractivity contribution in [2.45, 2.75) is 13.0 Å². The molecule has 0 aliphatic carbocycles. The number of carbonyl (C=O) groups excluding carboxylic acids is 1. The molecule has 3 nitrogen and oxygen atoms in total. The van der Waals surface area contributed by atoms with Gasteiger partial charge in [0, 0.05) is 5.02 Å². The van der Waals surface area contributed by atoms with Crippen molar-refractivity contribution < 1.29 is 9.53 Å². The summed E-state index contributed by atoms with van der Waals surface area (Å²) in [7, 11) is 1.35. The molecule has 1 atom stereocenters. The molecule has 1 unspecified atom stereocenters. The van der Waals surface area contributed by atoms with Crippen molar-refractivity contribution in [1.82, 2.24) is 5.32 Å². The summed E-state index contributed by atoms with van der Waals surface area (Å²) >= 11 is 5.87. The van der Waals surface area contributed by atoms with Crippen molar-refractivity contribution in [2.24, 2.45) is 0 Å². The van der Waals surface area contributed by atoms with E-state index in [2.05, 4.69) is 11.2 Å². The number of hydrogen-bond donors (Lipinski definition) is 1. The first kappa shape index (κ1) is 13.6. The van der Waals surface area contributed by atoms with Gasteiger partial charge in [0.05, 0.1) is 13.7 Å². The third-order valence-corrected chi connectivity index (χ3v) is 2.62. The van der Waals surface area contributed by atoms with Crippen molar-refractivity contribution in [3.63, 3.8) is 0 Å². The number of rotatable bonds is 4. The third-order valence-electron chi connectivity index (χ3n) is 2.39. The van der Waals surface area contributed by atoms with Crippen LogP contribution >= 0.6 is 11.6 Å². The van der Waals surface area contributed by atoms with Gasteiger partial charge in [-0.05, 0) is 30.2 Å². The number of terminal acetylenes is 1. The summed E-state index contributed by atoms with van der Waals surface area (Å²) in [6, 6.07) is 4.76. The minimum Gasteiger partial charge on any atom is -0.468 e. The van der Waals surface area contributed by atoms with E-state index in [0.717, 1.165) is 11.1 Å². The van der Waals surface area contributed by atoms with E-state index < -0.39 is 6.04 Å². The maximum atomic E-state index is 11.7. The van der Waals surface area contributed by atoms with Crippen LogP contribution in [0, 0.1) is 19.3 Å². The van der Waals surface area contributed by atoms with Gasteiger partial charge >= 0.3 is 5.97 Å². The van der Waals surface area contributed by atoms with Gasteiger partial charge in [-0.25, -0.2) is 4.79 Å². The average Bonchev–Trinajstić information content (AvgIpc) is 2.31. The normalized spacial score (nSPS) is 11.6. The van der Waals surface area contributed by atoms with Crippen molar-refractivity contribution in [2.75, 3.05) is 13.7 Å². The van der Waals surface area contributed by atoms with Gasteiger partial charge in [0.25, 0.3) is 0 Å². The molecule has 0 spiro atoms. The largest absolute Gasteiger partial charge is 0.468 e. The minimum absolute atomic E-state index is 0.293. The zero-order chi connectivity index (χ0) is 12.8. The zero-order valence-corrected chi connectivity index (χ0v) is 10.5. The SMILES string of the molecule is C#CCNC(C(=O)OC)c1ccc(Cl)cc1C. The Bertz CT molecular complexity index is 451. The minimum atomic E-state index is -0.562. The van der Waals surface area contributed by atoms with E-state index in [1.54, 1.807) is 18.2 Å². The maximum Gasteiger partial charge on any atom is 0.327 e. The molecule has 1 N–H and O–H groups in total. The van der Waals surface area contributed by atoms with Crippen LogP contribution in [0.5, 0.6) is 0 Å². The lowest BCUT2D eigenvalue weighted by atomic mass is 10.0. The van der Waals surface area contributed by atoms with Gasteiger partial charge < -0.3 is 4.74 Å². The second-order valence-corrected chi connectivity index (χ2v) is 3.98. The molecular weight excluding hydrogens is 238 g/mol. The number of carbonyl (C=O) groups is 1. The molecule has 1 rings (SSSR count). The van der Waals surface area contributed by atoms with Gasteiger partial charge in [-0.3, -0.25) is 5.32 Å². The van der Waals surface area contributed by atoms with Crippen molar-refractivity contribution >= 4 is 17.6 Å². The Labute approximate surface area is 106 Å². The molecule has 4 heteroatoms. The van der Waals surface area contributed by atoms with E-state index in [0.29, 0.717) is 11.6 Å². The average molecular weight is 252 g/mol. The number of halogens is 1. The number of ether oxygens (including phenoxy) is 1. The molecular formula is C13H14ClNO2. The summed E-state index contributed by atoms with van der Waals surface area (Å²) in [5.74, 6) is 2.06. The molecule has 1 aromatic carbocycles. The molecule has 0 amide bonds. The third kappa shape index (κ3) is 3.48. The van der Waals surface area contributed by atoms with Crippen molar-refractivity contribution in [3.05, 3.63) is 34.3 Å². The Morgan fingerprint density at radius 3 is 2.88 bits per heavy atom. The Hall–Kier alpha value is -1.50. The molecule has 1 aromatic rings. The first-order chi connectivity index (χ1) is 8.10. The van der Waals surface area contributed by atoms with E-state index in [1.165, 1.54) is 7.11 Å². The molecule has 0 saturated carbocycles. The summed E-state index contributed by atoms with van der Waals surface area (Å²) in [6.45, 7) is 2.18. The lowest BCUT2D eigenvalue weighted by Crippen LogP contribution is -2.30. The van der Waals surface area contributed by atoms with E-state index in [4.69, 9.17) is 22.8 Å². The molecule has 0 aliphatic heterocycles. The monoisotopic (exact) mass is 251 g/mol. The first-order valence-electron chi connectivity index (χ1n) is 5.11. The number of aryl methyl sites for hydroxylation is 1. The van der Waals surface area contributed by atoms with Crippen LogP contribution in [0.15, 0.2) is 18.2 Å². The summed E-state index contributed by atoms with van der Waals surface area (Å²) in [5.41, 5.74) is 1.73. The van der Waals surface area contributed by atoms with Gasteiger partial charge in [0.15, 0.2) is 0 Å². The van der Waals surface area contributed by atoms with Crippen LogP contribution in [0.2, 0.25) is 5.02 Å². The lowest BCUT2D eigenvalue weighted by molar-refractivity contribution is -0.143. The highest BCUT2D eigenvalue weighted by molar-refractivity contribution is 6.30. The predicted molar refractivity (Wildman–Crippen MR) is 67.8 cm³/mol. The number of methoxy groups -OCH3 is 1. The highest BCUT2D eigenvalue weighted by atomic mass is 35.5. The van der Waals surface area contributed by atoms with Crippen molar-refractivity contribution in [3.8, 4) is 12.3 Å². The molecule has 90 valence electrons. The molecule has 0 aliphatic rings. The van der Waals surface area contributed by atoms with Gasteiger partial charge in [-0.2, -0.15) is 0 Å². The van der Waals surface area contributed by atoms with Gasteiger partial charge in [0.2, 0.25) is 0 Å². The summed E-state index contributed by atoms with van der Waals surface area (Å²) in [4.78, 5) is 11.7. The Morgan fingerprint density at radius 2 is 2.35 bits per heavy atom. The van der Waals surface area contributed by atoms with Gasteiger partial charge in [-0.1, -0.05) is 23.6 Å². The summed E-state index contributed by atoms with van der Waals surface area (Å²) in [5, 5.41) is 3.57. The molecule has 17 heavy (non-hydrogen) atoms. The smallest absolute Gasteiger partial charge is 0.327 e. The van der Waals surface area contributed by atoms with Crippen LogP contribution in [0.25, 0.3) is 0 Å². The van der Waals surface area contributed by atoms with Crippen molar-refractivity contribution in [1.29, 1.82) is 0 Å². The molecule has 0 fully saturated rings. The van der Waals surface area contributed by atoms with Gasteiger partial charge in [-0.15, -0.1) is 6.42 Å². The van der Waals surface area contributed by atoms with E-state index in [9.17, 15) is 4.79 Å². The van der Waals surface area contributed by atoms with Crippen LogP contribution in [0.3, 0.4) is 0 Å². The Kier molecular flexibility index (Phi) is 5.02. The van der Waals surface area contributed by atoms with Crippen LogP contribution in [0.1, 0.15) is 17.2 Å². The fraction of sp³-hybridized carbons (Fsp3) is 0.308. The highest BCUT2D eigenvalue weighted by Gasteiger charge is 2.22. The fourth-order valence-corrected chi connectivity index (χ4v) is 1.79. The highest BCUT2D eigenvalue weighted by Crippen LogP contribution is 2.22. The first-order valence-corrected chi connectivity index (χ1v) is 5.48. The number of esters is 1. The standard InChI is InChI=1S/C13H14ClNO2/c1-4-7-15-12(13(16)17-3)11-6-5-10(14)8-9(11)2/h1,5-6,8,12,15H,7H2,2-3H3. The van der Waals surface area contributed by atoms with E-state index >= 15 is 0 Å². The quantitative estimate of drug-likeness (QED) is 0.658.